The summed E-state index contributed by atoms with van der Waals surface area (Å²) in [7, 11) is 0. The van der Waals surface area contributed by atoms with Crippen LogP contribution in [0.5, 0.6) is 0 Å². The van der Waals surface area contributed by atoms with Gasteiger partial charge in [0.1, 0.15) is 12.0 Å². The molecular weight excluding hydrogens is 406 g/mol. The van der Waals surface area contributed by atoms with Crippen molar-refractivity contribution in [1.29, 1.82) is 0 Å². The molecule has 32 heavy (non-hydrogen) atoms. The highest BCUT2D eigenvalue weighted by atomic mass is 16.5. The van der Waals surface area contributed by atoms with E-state index in [4.69, 9.17) is 9.84 Å². The van der Waals surface area contributed by atoms with Gasteiger partial charge in [0.05, 0.1) is 12.7 Å². The molecule has 2 N–H and O–H groups in total. The molecule has 0 bridgehead atoms. The Kier molecular flexibility index (Phi) is 13.2. The predicted octanol–water partition coefficient (Wildman–Crippen LogP) is 5.33. The summed E-state index contributed by atoms with van der Waals surface area (Å²) in [6, 6.07) is 1.62. The van der Waals surface area contributed by atoms with Gasteiger partial charge >= 0.3 is 5.69 Å². The second-order valence-electron chi connectivity index (χ2n) is 9.02. The lowest BCUT2D eigenvalue weighted by molar-refractivity contribution is -0.116. The van der Waals surface area contributed by atoms with Gasteiger partial charge in [-0.3, -0.25) is 9.36 Å². The van der Waals surface area contributed by atoms with Crippen molar-refractivity contribution in [3.63, 3.8) is 0 Å². The van der Waals surface area contributed by atoms with Gasteiger partial charge in [-0.2, -0.15) is 4.98 Å². The van der Waals surface area contributed by atoms with Gasteiger partial charge in [0.15, 0.2) is 0 Å². The number of carbonyl (C=O) groups excluding carboxylic acids is 1. The summed E-state index contributed by atoms with van der Waals surface area (Å²) >= 11 is 0. The SMILES string of the molecule is CCCCCCCCCCCCCCCC(=O)Nc1ccn([C@H]2CC[C@@H](CO)O2)c(=O)n1. The lowest BCUT2D eigenvalue weighted by Crippen LogP contribution is -2.28. The van der Waals surface area contributed by atoms with Gasteiger partial charge in [-0.25, -0.2) is 4.79 Å². The molecule has 0 aromatic carbocycles. The average Bonchev–Trinajstić information content (AvgIpc) is 3.26. The van der Waals surface area contributed by atoms with Crippen LogP contribution in [0.4, 0.5) is 5.82 Å². The van der Waals surface area contributed by atoms with E-state index in [1.807, 2.05) is 0 Å². The fourth-order valence-corrected chi connectivity index (χ4v) is 4.24. The number of hydrogen-bond donors (Lipinski definition) is 2. The molecule has 182 valence electrons. The predicted molar refractivity (Wildman–Crippen MR) is 128 cm³/mol. The molecular formula is C25H43N3O4. The number of carbonyl (C=O) groups is 1. The third-order valence-corrected chi connectivity index (χ3v) is 6.20. The van der Waals surface area contributed by atoms with Crippen LogP contribution in [0.25, 0.3) is 0 Å². The molecule has 0 radical (unpaired) electrons. The number of aliphatic hydroxyl groups excluding tert-OH is 1. The molecule has 0 saturated carbocycles. The second-order valence-corrected chi connectivity index (χ2v) is 9.02. The van der Waals surface area contributed by atoms with E-state index in [9.17, 15) is 9.59 Å². The Morgan fingerprint density at radius 3 is 2.16 bits per heavy atom. The van der Waals surface area contributed by atoms with Crippen molar-refractivity contribution in [3.8, 4) is 0 Å². The summed E-state index contributed by atoms with van der Waals surface area (Å²) < 4.78 is 7.03. The van der Waals surface area contributed by atoms with E-state index in [0.29, 0.717) is 19.3 Å². The Balaban J connectivity index is 1.51. The fourth-order valence-electron chi connectivity index (χ4n) is 4.24. The van der Waals surface area contributed by atoms with Crippen molar-refractivity contribution in [2.24, 2.45) is 0 Å². The van der Waals surface area contributed by atoms with Gasteiger partial charge in [-0.15, -0.1) is 0 Å². The molecule has 1 aliphatic heterocycles. The minimum atomic E-state index is -0.452. The first kappa shape index (κ1) is 26.5. The number of nitrogens with zero attached hydrogens (tertiary/aromatic N) is 2. The lowest BCUT2D eigenvalue weighted by Gasteiger charge is -2.15. The quantitative estimate of drug-likeness (QED) is 0.313. The molecule has 2 heterocycles. The van der Waals surface area contributed by atoms with Crippen LogP contribution >= 0.6 is 0 Å². The average molecular weight is 450 g/mol. The number of nitrogens with one attached hydrogen (secondary N) is 1. The van der Waals surface area contributed by atoms with E-state index < -0.39 is 11.9 Å². The van der Waals surface area contributed by atoms with Crippen LogP contribution in [0.3, 0.4) is 0 Å². The standard InChI is InChI=1S/C25H43N3O4/c1-2-3-4-5-6-7-8-9-10-11-12-13-14-15-23(30)26-22-18-19-28(25(31)27-22)24-17-16-21(20-29)32-24/h18-19,21,24,29H,2-17,20H2,1H3,(H,26,27,30,31)/t21-,24+/m0/s1. The van der Waals surface area contributed by atoms with Crippen LogP contribution in [0, 0.1) is 0 Å². The number of anilines is 1. The first-order valence-electron chi connectivity index (χ1n) is 12.8. The van der Waals surface area contributed by atoms with Gasteiger partial charge in [0.25, 0.3) is 0 Å². The van der Waals surface area contributed by atoms with E-state index in [0.717, 1.165) is 12.8 Å². The van der Waals surface area contributed by atoms with E-state index in [1.165, 1.54) is 75.2 Å². The molecule has 0 aliphatic carbocycles. The van der Waals surface area contributed by atoms with Crippen LogP contribution in [-0.4, -0.2) is 33.3 Å². The molecule has 1 aromatic heterocycles. The summed E-state index contributed by atoms with van der Waals surface area (Å²) in [5.41, 5.74) is -0.452. The molecule has 2 atom stereocenters. The topological polar surface area (TPSA) is 93.5 Å². The molecule has 0 unspecified atom stereocenters. The van der Waals surface area contributed by atoms with Crippen LogP contribution < -0.4 is 11.0 Å². The second kappa shape index (κ2) is 16.0. The van der Waals surface area contributed by atoms with Crippen molar-refractivity contribution < 1.29 is 14.6 Å². The molecule has 1 fully saturated rings. The Hall–Kier alpha value is -1.73. The van der Waals surface area contributed by atoms with Crippen LogP contribution in [-0.2, 0) is 9.53 Å². The molecule has 2 rings (SSSR count). The number of unbranched alkanes of at least 4 members (excludes halogenated alkanes) is 12. The van der Waals surface area contributed by atoms with Crippen molar-refractivity contribution >= 4 is 11.7 Å². The molecule has 0 spiro atoms. The monoisotopic (exact) mass is 449 g/mol. The van der Waals surface area contributed by atoms with E-state index in [-0.39, 0.29) is 24.4 Å². The minimum Gasteiger partial charge on any atom is -0.394 e. The summed E-state index contributed by atoms with van der Waals surface area (Å²) in [6.07, 6.45) is 19.4. The maximum atomic E-state index is 12.2. The van der Waals surface area contributed by atoms with Crippen molar-refractivity contribution in [1.82, 2.24) is 9.55 Å². The summed E-state index contributed by atoms with van der Waals surface area (Å²) in [6.45, 7) is 2.21. The maximum absolute atomic E-state index is 12.2. The smallest absolute Gasteiger partial charge is 0.351 e. The fraction of sp³-hybridized carbons (Fsp3) is 0.800. The zero-order valence-corrected chi connectivity index (χ0v) is 19.9. The number of aliphatic hydroxyl groups is 1. The van der Waals surface area contributed by atoms with E-state index in [1.54, 1.807) is 12.3 Å². The molecule has 7 nitrogen and oxygen atoms in total. The number of amides is 1. The largest absolute Gasteiger partial charge is 0.394 e. The summed E-state index contributed by atoms with van der Waals surface area (Å²) in [5, 5.41) is 11.9. The Morgan fingerprint density at radius 1 is 1.03 bits per heavy atom. The van der Waals surface area contributed by atoms with Gasteiger partial charge in [-0.1, -0.05) is 84.0 Å². The summed E-state index contributed by atoms with van der Waals surface area (Å²) in [5.74, 6) is 0.179. The van der Waals surface area contributed by atoms with Gasteiger partial charge < -0.3 is 15.2 Å². The minimum absolute atomic E-state index is 0.0496. The molecule has 1 amide bonds. The van der Waals surface area contributed by atoms with E-state index in [2.05, 4.69) is 17.2 Å². The zero-order valence-electron chi connectivity index (χ0n) is 19.9. The highest BCUT2D eigenvalue weighted by Gasteiger charge is 2.26. The van der Waals surface area contributed by atoms with Crippen LogP contribution in [0.2, 0.25) is 0 Å². The highest BCUT2D eigenvalue weighted by Crippen LogP contribution is 2.26. The maximum Gasteiger partial charge on any atom is 0.351 e. The first-order chi connectivity index (χ1) is 15.6. The molecule has 1 aromatic rings. The van der Waals surface area contributed by atoms with Crippen LogP contribution in [0.1, 0.15) is 116 Å². The Labute approximate surface area is 193 Å². The molecule has 7 heteroatoms. The van der Waals surface area contributed by atoms with Gasteiger partial charge in [0, 0.05) is 12.6 Å². The number of ether oxygens (including phenoxy) is 1. The molecule has 1 aliphatic rings. The van der Waals surface area contributed by atoms with Gasteiger partial charge in [0.2, 0.25) is 5.91 Å². The lowest BCUT2D eigenvalue weighted by atomic mass is 10.0. The van der Waals surface area contributed by atoms with Crippen molar-refractivity contribution in [2.75, 3.05) is 11.9 Å². The third-order valence-electron chi connectivity index (χ3n) is 6.20. The number of hydrogen-bond acceptors (Lipinski definition) is 5. The Bertz CT molecular complexity index is 707. The first-order valence-corrected chi connectivity index (χ1v) is 12.8. The highest BCUT2D eigenvalue weighted by molar-refractivity contribution is 5.89. The van der Waals surface area contributed by atoms with E-state index >= 15 is 0 Å². The number of rotatable bonds is 17. The zero-order chi connectivity index (χ0) is 23.0. The van der Waals surface area contributed by atoms with Gasteiger partial charge in [-0.05, 0) is 25.3 Å². The third kappa shape index (κ3) is 10.3. The Morgan fingerprint density at radius 2 is 1.62 bits per heavy atom. The summed E-state index contributed by atoms with van der Waals surface area (Å²) in [4.78, 5) is 28.3. The molecule has 1 saturated heterocycles. The van der Waals surface area contributed by atoms with Crippen molar-refractivity contribution in [3.05, 3.63) is 22.7 Å². The number of aromatic nitrogens is 2. The normalized spacial score (nSPS) is 18.2. The van der Waals surface area contributed by atoms with Crippen molar-refractivity contribution in [2.45, 2.75) is 122 Å². The van der Waals surface area contributed by atoms with Crippen LogP contribution in [0.15, 0.2) is 17.1 Å².